The minimum atomic E-state index is 0.0866. The zero-order valence-corrected chi connectivity index (χ0v) is 11.1. The Bertz CT molecular complexity index is 626. The molecule has 2 heterocycles. The Morgan fingerprint density at radius 1 is 1.05 bits per heavy atom. The molecule has 2 aromatic rings. The molecule has 0 saturated carbocycles. The van der Waals surface area contributed by atoms with Gasteiger partial charge in [-0.15, -0.1) is 0 Å². The van der Waals surface area contributed by atoms with Crippen LogP contribution in [0.2, 0.25) is 0 Å². The number of hydrogen-bond donors (Lipinski definition) is 2. The smallest absolute Gasteiger partial charge is 0.139 e. The average Bonchev–Trinajstić information content (AvgIpc) is 2.97. The fraction of sp³-hybridized carbons (Fsp3) is 0.294. The highest BCUT2D eigenvalue weighted by Crippen LogP contribution is 2.51. The summed E-state index contributed by atoms with van der Waals surface area (Å²) in [5, 5.41) is 13.6. The van der Waals surface area contributed by atoms with Gasteiger partial charge in [-0.2, -0.15) is 0 Å². The number of fused-ring (bicyclic) bond motifs is 3. The fourth-order valence-electron chi connectivity index (χ4n) is 3.47. The van der Waals surface area contributed by atoms with Crippen LogP contribution in [0.15, 0.2) is 48.5 Å². The van der Waals surface area contributed by atoms with Gasteiger partial charge in [-0.25, -0.2) is 0 Å². The van der Waals surface area contributed by atoms with E-state index in [0.717, 1.165) is 24.3 Å². The summed E-state index contributed by atoms with van der Waals surface area (Å²) in [5.41, 5.74) is 3.16. The summed E-state index contributed by atoms with van der Waals surface area (Å²) in [6, 6.07) is 16.3. The molecule has 0 spiro atoms. The number of para-hydroxylation sites is 1. The lowest BCUT2D eigenvalue weighted by Crippen LogP contribution is -2.29. The van der Waals surface area contributed by atoms with Crippen molar-refractivity contribution in [2.45, 2.75) is 18.6 Å². The minimum absolute atomic E-state index is 0.0866. The SMILES string of the molecule is Oc1cccc2c1N[C@H](c1ccccc1)[C@@H]1CCO[C@@H]21. The largest absolute Gasteiger partial charge is 0.506 e. The first-order valence-electron chi connectivity index (χ1n) is 7.09. The van der Waals surface area contributed by atoms with Crippen molar-refractivity contribution in [3.8, 4) is 5.75 Å². The Balaban J connectivity index is 1.82. The zero-order chi connectivity index (χ0) is 13.5. The molecule has 0 aliphatic carbocycles. The number of phenolic OH excluding ortho intramolecular Hbond substituents is 1. The normalized spacial score (nSPS) is 27.5. The summed E-state index contributed by atoms with van der Waals surface area (Å²) in [4.78, 5) is 0. The van der Waals surface area contributed by atoms with Crippen LogP contribution in [0.1, 0.15) is 29.7 Å². The zero-order valence-electron chi connectivity index (χ0n) is 11.1. The van der Waals surface area contributed by atoms with Crippen molar-refractivity contribution in [1.82, 2.24) is 0 Å². The monoisotopic (exact) mass is 267 g/mol. The lowest BCUT2D eigenvalue weighted by atomic mass is 9.81. The van der Waals surface area contributed by atoms with E-state index in [1.54, 1.807) is 6.07 Å². The van der Waals surface area contributed by atoms with Crippen LogP contribution in [0.3, 0.4) is 0 Å². The van der Waals surface area contributed by atoms with Crippen LogP contribution in [-0.2, 0) is 4.74 Å². The maximum atomic E-state index is 10.1. The first kappa shape index (κ1) is 11.8. The molecule has 4 rings (SSSR count). The molecule has 0 aromatic heterocycles. The number of phenols is 1. The van der Waals surface area contributed by atoms with Crippen LogP contribution >= 0.6 is 0 Å². The van der Waals surface area contributed by atoms with Crippen molar-refractivity contribution >= 4 is 5.69 Å². The van der Waals surface area contributed by atoms with E-state index in [0.29, 0.717) is 11.7 Å². The lowest BCUT2D eigenvalue weighted by Gasteiger charge is -2.36. The second-order valence-corrected chi connectivity index (χ2v) is 5.52. The van der Waals surface area contributed by atoms with Crippen LogP contribution in [0.25, 0.3) is 0 Å². The first-order chi connectivity index (χ1) is 9.84. The number of rotatable bonds is 1. The maximum absolute atomic E-state index is 10.1. The lowest BCUT2D eigenvalue weighted by molar-refractivity contribution is 0.0826. The summed E-state index contributed by atoms with van der Waals surface area (Å²) < 4.78 is 5.94. The van der Waals surface area contributed by atoms with E-state index >= 15 is 0 Å². The quantitative estimate of drug-likeness (QED) is 0.775. The fourth-order valence-corrected chi connectivity index (χ4v) is 3.47. The Morgan fingerprint density at radius 3 is 2.75 bits per heavy atom. The third kappa shape index (κ3) is 1.70. The average molecular weight is 267 g/mol. The van der Waals surface area contributed by atoms with Crippen molar-refractivity contribution in [3.05, 3.63) is 59.7 Å². The molecule has 2 aliphatic rings. The second-order valence-electron chi connectivity index (χ2n) is 5.52. The Kier molecular flexibility index (Phi) is 2.67. The third-order valence-corrected chi connectivity index (χ3v) is 4.41. The van der Waals surface area contributed by atoms with E-state index < -0.39 is 0 Å². The van der Waals surface area contributed by atoms with Crippen molar-refractivity contribution in [3.63, 3.8) is 0 Å². The molecule has 0 radical (unpaired) electrons. The van der Waals surface area contributed by atoms with Crippen LogP contribution in [0.4, 0.5) is 5.69 Å². The van der Waals surface area contributed by atoms with Crippen molar-refractivity contribution in [2.75, 3.05) is 11.9 Å². The molecule has 2 N–H and O–H groups in total. The predicted octanol–water partition coefficient (Wildman–Crippen LogP) is 3.64. The Labute approximate surface area is 118 Å². The first-order valence-corrected chi connectivity index (χ1v) is 7.09. The molecule has 0 bridgehead atoms. The van der Waals surface area contributed by atoms with Gasteiger partial charge in [0.15, 0.2) is 0 Å². The topological polar surface area (TPSA) is 41.5 Å². The number of aromatic hydroxyl groups is 1. The number of nitrogens with one attached hydrogen (secondary N) is 1. The highest BCUT2D eigenvalue weighted by atomic mass is 16.5. The summed E-state index contributed by atoms with van der Waals surface area (Å²) in [5.74, 6) is 0.726. The molecule has 3 nitrogen and oxygen atoms in total. The van der Waals surface area contributed by atoms with Gasteiger partial charge in [0.05, 0.1) is 17.8 Å². The van der Waals surface area contributed by atoms with Gasteiger partial charge in [0.25, 0.3) is 0 Å². The molecule has 1 saturated heterocycles. The standard InChI is InChI=1S/C17H17NO2/c19-14-8-4-7-12-16(14)18-15(11-5-2-1-3-6-11)13-9-10-20-17(12)13/h1-8,13,15,17-19H,9-10H2/t13-,15+,17-/m0/s1. The molecular formula is C17H17NO2. The van der Waals surface area contributed by atoms with Gasteiger partial charge in [0.1, 0.15) is 5.75 Å². The molecule has 2 aliphatic heterocycles. The van der Waals surface area contributed by atoms with Gasteiger partial charge in [-0.05, 0) is 18.1 Å². The summed E-state index contributed by atoms with van der Waals surface area (Å²) in [7, 11) is 0. The molecule has 0 amide bonds. The molecule has 0 unspecified atom stereocenters. The number of ether oxygens (including phenoxy) is 1. The van der Waals surface area contributed by atoms with Gasteiger partial charge < -0.3 is 15.2 Å². The van der Waals surface area contributed by atoms with E-state index in [-0.39, 0.29) is 12.1 Å². The Hall–Kier alpha value is -2.00. The molecular weight excluding hydrogens is 250 g/mol. The van der Waals surface area contributed by atoms with Crippen LogP contribution < -0.4 is 5.32 Å². The molecule has 20 heavy (non-hydrogen) atoms. The van der Waals surface area contributed by atoms with E-state index in [2.05, 4.69) is 29.6 Å². The van der Waals surface area contributed by atoms with Gasteiger partial charge in [0, 0.05) is 18.1 Å². The van der Waals surface area contributed by atoms with Crippen molar-refractivity contribution in [2.24, 2.45) is 5.92 Å². The molecule has 3 heteroatoms. The number of benzene rings is 2. The van der Waals surface area contributed by atoms with Crippen molar-refractivity contribution < 1.29 is 9.84 Å². The third-order valence-electron chi connectivity index (χ3n) is 4.41. The maximum Gasteiger partial charge on any atom is 0.139 e. The molecule has 3 atom stereocenters. The molecule has 102 valence electrons. The molecule has 2 aromatic carbocycles. The van der Waals surface area contributed by atoms with E-state index in [1.807, 2.05) is 18.2 Å². The number of anilines is 1. The van der Waals surface area contributed by atoms with E-state index in [4.69, 9.17) is 4.74 Å². The van der Waals surface area contributed by atoms with E-state index in [9.17, 15) is 5.11 Å². The predicted molar refractivity (Wildman–Crippen MR) is 77.7 cm³/mol. The summed E-state index contributed by atoms with van der Waals surface area (Å²) in [6.07, 6.45) is 1.13. The van der Waals surface area contributed by atoms with Crippen LogP contribution in [-0.4, -0.2) is 11.7 Å². The van der Waals surface area contributed by atoms with E-state index in [1.165, 1.54) is 5.56 Å². The number of hydrogen-bond acceptors (Lipinski definition) is 3. The Morgan fingerprint density at radius 2 is 1.90 bits per heavy atom. The van der Waals surface area contributed by atoms with Gasteiger partial charge in [0.2, 0.25) is 0 Å². The minimum Gasteiger partial charge on any atom is -0.506 e. The summed E-state index contributed by atoms with van der Waals surface area (Å²) in [6.45, 7) is 0.787. The second kappa shape index (κ2) is 4.53. The van der Waals surface area contributed by atoms with Gasteiger partial charge in [-0.3, -0.25) is 0 Å². The molecule has 1 fully saturated rings. The van der Waals surface area contributed by atoms with Gasteiger partial charge in [-0.1, -0.05) is 42.5 Å². The van der Waals surface area contributed by atoms with Gasteiger partial charge >= 0.3 is 0 Å². The van der Waals surface area contributed by atoms with Crippen LogP contribution in [0.5, 0.6) is 5.75 Å². The highest BCUT2D eigenvalue weighted by molar-refractivity contribution is 5.65. The van der Waals surface area contributed by atoms with Crippen molar-refractivity contribution in [1.29, 1.82) is 0 Å². The van der Waals surface area contributed by atoms with Crippen LogP contribution in [0, 0.1) is 5.92 Å². The summed E-state index contributed by atoms with van der Waals surface area (Å²) >= 11 is 0. The highest BCUT2D eigenvalue weighted by Gasteiger charge is 2.42.